The predicted molar refractivity (Wildman–Crippen MR) is 114 cm³/mol. The summed E-state index contributed by atoms with van der Waals surface area (Å²) in [5.41, 5.74) is 3.80. The fourth-order valence-electron chi connectivity index (χ4n) is 3.43. The van der Waals surface area contributed by atoms with E-state index in [1.165, 1.54) is 16.9 Å². The molecule has 0 spiro atoms. The highest BCUT2D eigenvalue weighted by molar-refractivity contribution is 7.17. The normalized spacial score (nSPS) is 14.6. The lowest BCUT2D eigenvalue weighted by Crippen LogP contribution is -2.36. The minimum atomic E-state index is 0.00614. The van der Waals surface area contributed by atoms with Gasteiger partial charge in [0.2, 0.25) is 5.43 Å². The molecule has 0 radical (unpaired) electrons. The maximum atomic E-state index is 12.7. The summed E-state index contributed by atoms with van der Waals surface area (Å²) in [6, 6.07) is 7.86. The van der Waals surface area contributed by atoms with Crippen LogP contribution < -0.4 is 15.1 Å². The number of fused-ring (bicyclic) bond motifs is 1. The van der Waals surface area contributed by atoms with Gasteiger partial charge in [-0.05, 0) is 30.0 Å². The highest BCUT2D eigenvalue weighted by Gasteiger charge is 2.19. The zero-order valence-electron chi connectivity index (χ0n) is 16.3. The van der Waals surface area contributed by atoms with Gasteiger partial charge in [-0.3, -0.25) is 4.79 Å². The van der Waals surface area contributed by atoms with Crippen molar-refractivity contribution in [3.8, 4) is 16.9 Å². The summed E-state index contributed by atoms with van der Waals surface area (Å²) >= 11 is 1.43. The third-order valence-corrected chi connectivity index (χ3v) is 5.95. The first kappa shape index (κ1) is 19.0. The van der Waals surface area contributed by atoms with Crippen molar-refractivity contribution in [2.75, 3.05) is 37.8 Å². The minimum absolute atomic E-state index is 0.00614. The number of rotatable bonds is 6. The van der Waals surface area contributed by atoms with Gasteiger partial charge in [-0.1, -0.05) is 26.0 Å². The van der Waals surface area contributed by atoms with Crippen molar-refractivity contribution in [2.45, 2.75) is 26.7 Å². The Morgan fingerprint density at radius 1 is 1.18 bits per heavy atom. The average molecular weight is 400 g/mol. The van der Waals surface area contributed by atoms with E-state index in [2.05, 4.69) is 36.9 Å². The van der Waals surface area contributed by atoms with Gasteiger partial charge in [0.1, 0.15) is 10.4 Å². The topological polar surface area (TPSA) is 51.9 Å². The molecule has 0 unspecified atom stereocenters. The van der Waals surface area contributed by atoms with E-state index in [0.29, 0.717) is 36.0 Å². The van der Waals surface area contributed by atoms with Crippen molar-refractivity contribution in [1.29, 1.82) is 0 Å². The van der Waals surface area contributed by atoms with E-state index in [9.17, 15) is 4.79 Å². The first-order chi connectivity index (χ1) is 13.7. The summed E-state index contributed by atoms with van der Waals surface area (Å²) in [6.45, 7) is 7.67. The summed E-state index contributed by atoms with van der Waals surface area (Å²) in [5.74, 6) is 1.53. The van der Waals surface area contributed by atoms with Crippen molar-refractivity contribution >= 4 is 27.5 Å². The Morgan fingerprint density at radius 2 is 2.00 bits per heavy atom. The Labute approximate surface area is 168 Å². The van der Waals surface area contributed by atoms with Crippen LogP contribution in [-0.4, -0.2) is 32.9 Å². The fourth-order valence-corrected chi connectivity index (χ4v) is 4.34. The molecule has 0 saturated carbocycles. The molecule has 5 nitrogen and oxygen atoms in total. The molecule has 2 aromatic heterocycles. The number of hydrogen-bond acceptors (Lipinski definition) is 6. The summed E-state index contributed by atoms with van der Waals surface area (Å²) in [4.78, 5) is 14.7. The van der Waals surface area contributed by atoms with Crippen LogP contribution in [0.3, 0.4) is 0 Å². The van der Waals surface area contributed by atoms with E-state index in [1.807, 2.05) is 5.38 Å². The number of benzene rings is 1. The molecule has 4 rings (SSSR count). The molecule has 1 aliphatic rings. The molecule has 0 bridgehead atoms. The summed E-state index contributed by atoms with van der Waals surface area (Å²) < 4.78 is 18.3. The molecule has 28 heavy (non-hydrogen) atoms. The van der Waals surface area contributed by atoms with E-state index in [1.54, 1.807) is 6.07 Å². The van der Waals surface area contributed by atoms with Gasteiger partial charge in [-0.2, -0.15) is 0 Å². The van der Waals surface area contributed by atoms with E-state index >= 15 is 0 Å². The molecule has 3 aromatic rings. The highest BCUT2D eigenvalue weighted by Crippen LogP contribution is 2.37. The van der Waals surface area contributed by atoms with Crippen molar-refractivity contribution < 1.29 is 13.9 Å². The standard InChI is InChI=1S/C22H25NO4S/c1-3-9-26-19-12-16(6-5-15(19)4-2)17-14-28-22-18(24)13-20(27-21(17)22)23-7-10-25-11-8-23/h5-6,12-14H,3-4,7-11H2,1-2H3. The molecule has 1 aliphatic heterocycles. The van der Waals surface area contributed by atoms with Crippen LogP contribution in [0.5, 0.6) is 5.75 Å². The number of aryl methyl sites for hydroxylation is 1. The quantitative estimate of drug-likeness (QED) is 0.601. The Bertz CT molecular complexity index is 1020. The molecular formula is C22H25NO4S. The molecule has 1 aromatic carbocycles. The smallest absolute Gasteiger partial charge is 0.204 e. The van der Waals surface area contributed by atoms with Crippen molar-refractivity contribution in [3.63, 3.8) is 0 Å². The van der Waals surface area contributed by atoms with E-state index in [0.717, 1.165) is 42.8 Å². The third-order valence-electron chi connectivity index (χ3n) is 4.97. The van der Waals surface area contributed by atoms with Crippen LogP contribution in [0.25, 0.3) is 21.4 Å². The zero-order chi connectivity index (χ0) is 19.5. The first-order valence-corrected chi connectivity index (χ1v) is 10.7. The third kappa shape index (κ3) is 3.66. The predicted octanol–water partition coefficient (Wildman–Crippen LogP) is 4.71. The van der Waals surface area contributed by atoms with Crippen LogP contribution in [0, 0.1) is 0 Å². The lowest BCUT2D eigenvalue weighted by atomic mass is 10.0. The Kier molecular flexibility index (Phi) is 5.69. The molecule has 1 fully saturated rings. The minimum Gasteiger partial charge on any atom is -0.493 e. The Morgan fingerprint density at radius 3 is 2.75 bits per heavy atom. The van der Waals surface area contributed by atoms with Gasteiger partial charge >= 0.3 is 0 Å². The van der Waals surface area contributed by atoms with Crippen LogP contribution in [0.2, 0.25) is 0 Å². The van der Waals surface area contributed by atoms with Crippen molar-refractivity contribution in [2.24, 2.45) is 0 Å². The Balaban J connectivity index is 1.78. The maximum absolute atomic E-state index is 12.7. The number of hydrogen-bond donors (Lipinski definition) is 0. The molecule has 1 saturated heterocycles. The van der Waals surface area contributed by atoms with E-state index in [4.69, 9.17) is 13.9 Å². The van der Waals surface area contributed by atoms with Gasteiger partial charge in [0, 0.05) is 30.1 Å². The zero-order valence-corrected chi connectivity index (χ0v) is 17.1. The van der Waals surface area contributed by atoms with Gasteiger partial charge in [-0.25, -0.2) is 0 Å². The van der Waals surface area contributed by atoms with Gasteiger partial charge in [0.25, 0.3) is 0 Å². The highest BCUT2D eigenvalue weighted by atomic mass is 32.1. The molecule has 0 aliphatic carbocycles. The lowest BCUT2D eigenvalue weighted by molar-refractivity contribution is 0.121. The number of ether oxygens (including phenoxy) is 2. The second kappa shape index (κ2) is 8.37. The SMILES string of the molecule is CCCOc1cc(-c2csc3c(=O)cc(N4CCOCC4)oc23)ccc1CC. The first-order valence-electron chi connectivity index (χ1n) is 9.85. The molecule has 6 heteroatoms. The molecular weight excluding hydrogens is 374 g/mol. The molecule has 0 N–H and O–H groups in total. The average Bonchev–Trinajstić information content (AvgIpc) is 3.17. The van der Waals surface area contributed by atoms with Gasteiger partial charge < -0.3 is 18.8 Å². The molecule has 0 amide bonds. The van der Waals surface area contributed by atoms with Crippen LogP contribution in [-0.2, 0) is 11.2 Å². The number of thiophene rings is 1. The second-order valence-electron chi connectivity index (χ2n) is 6.88. The largest absolute Gasteiger partial charge is 0.493 e. The van der Waals surface area contributed by atoms with Gasteiger partial charge in [-0.15, -0.1) is 11.3 Å². The van der Waals surface area contributed by atoms with Crippen molar-refractivity contribution in [3.05, 3.63) is 45.4 Å². The van der Waals surface area contributed by atoms with Crippen molar-refractivity contribution in [1.82, 2.24) is 0 Å². The number of nitrogens with zero attached hydrogens (tertiary/aromatic N) is 1. The van der Waals surface area contributed by atoms with Gasteiger partial charge in [0.15, 0.2) is 11.5 Å². The van der Waals surface area contributed by atoms with Crippen LogP contribution in [0.15, 0.2) is 38.9 Å². The fraction of sp³-hybridized carbons (Fsp3) is 0.409. The molecule has 0 atom stereocenters. The van der Waals surface area contributed by atoms with Crippen LogP contribution >= 0.6 is 11.3 Å². The summed E-state index contributed by atoms with van der Waals surface area (Å²) in [5, 5.41) is 2.00. The van der Waals surface area contributed by atoms with E-state index < -0.39 is 0 Å². The summed E-state index contributed by atoms with van der Waals surface area (Å²) in [6.07, 6.45) is 1.88. The van der Waals surface area contributed by atoms with Crippen LogP contribution in [0.4, 0.5) is 5.88 Å². The number of anilines is 1. The summed E-state index contributed by atoms with van der Waals surface area (Å²) in [7, 11) is 0. The monoisotopic (exact) mass is 399 g/mol. The molecule has 3 heterocycles. The maximum Gasteiger partial charge on any atom is 0.204 e. The number of morpholine rings is 1. The van der Waals surface area contributed by atoms with Gasteiger partial charge in [0.05, 0.1) is 19.8 Å². The second-order valence-corrected chi connectivity index (χ2v) is 7.76. The molecule has 148 valence electrons. The lowest BCUT2D eigenvalue weighted by Gasteiger charge is -2.27. The van der Waals surface area contributed by atoms with E-state index in [-0.39, 0.29) is 5.43 Å². The Hall–Kier alpha value is -2.31. The van der Waals surface area contributed by atoms with Crippen LogP contribution in [0.1, 0.15) is 25.8 Å².